The number of aliphatic imine (C=N–C) groups is 1. The van der Waals surface area contributed by atoms with Crippen molar-refractivity contribution in [1.82, 2.24) is 0 Å². The third-order valence-corrected chi connectivity index (χ3v) is 1.28. The van der Waals surface area contributed by atoms with E-state index in [0.717, 1.165) is 0 Å². The van der Waals surface area contributed by atoms with E-state index in [1.54, 1.807) is 0 Å². The lowest BCUT2D eigenvalue weighted by Gasteiger charge is -2.03. The molecule has 0 rings (SSSR count). The number of hydrogen-bond donors (Lipinski definition) is 4. The molecule has 0 amide bonds. The SMILES string of the molecule is Cl.NC(N)=NCCCC(N)C(=O)O.[Al]. The maximum atomic E-state index is 10.2. The highest BCUT2D eigenvalue weighted by Gasteiger charge is 2.09. The van der Waals surface area contributed by atoms with Crippen molar-refractivity contribution in [3.8, 4) is 0 Å². The van der Waals surface area contributed by atoms with Gasteiger partial charge in [0.05, 0.1) is 0 Å². The Bertz CT molecular complexity index is 187. The van der Waals surface area contributed by atoms with E-state index in [9.17, 15) is 4.79 Å². The van der Waals surface area contributed by atoms with Crippen LogP contribution in [-0.4, -0.2) is 47.0 Å². The van der Waals surface area contributed by atoms with E-state index in [0.29, 0.717) is 19.4 Å². The molecule has 1 atom stereocenters. The minimum absolute atomic E-state index is 0. The summed E-state index contributed by atoms with van der Waals surface area (Å²) in [7, 11) is 0. The van der Waals surface area contributed by atoms with Crippen LogP contribution in [0, 0.1) is 0 Å². The molecule has 0 aliphatic heterocycles. The number of nitrogens with two attached hydrogens (primary N) is 3. The molecule has 0 bridgehead atoms. The summed E-state index contributed by atoms with van der Waals surface area (Å²) >= 11 is 0. The molecule has 0 aromatic carbocycles. The van der Waals surface area contributed by atoms with Crippen LogP contribution in [0.3, 0.4) is 0 Å². The molecule has 0 aliphatic carbocycles. The fourth-order valence-corrected chi connectivity index (χ4v) is 0.643. The van der Waals surface area contributed by atoms with E-state index < -0.39 is 12.0 Å². The summed E-state index contributed by atoms with van der Waals surface area (Å²) in [6.07, 6.45) is 0.956. The Morgan fingerprint density at radius 1 is 1.43 bits per heavy atom. The van der Waals surface area contributed by atoms with Gasteiger partial charge in [-0.3, -0.25) is 9.79 Å². The Morgan fingerprint density at radius 3 is 2.29 bits per heavy atom. The Balaban J connectivity index is -0.000000605. The molecule has 8 heteroatoms. The van der Waals surface area contributed by atoms with Gasteiger partial charge in [-0.25, -0.2) is 0 Å². The summed E-state index contributed by atoms with van der Waals surface area (Å²) < 4.78 is 0. The second-order valence-corrected chi connectivity index (χ2v) is 2.39. The predicted octanol–water partition coefficient (Wildman–Crippen LogP) is -1.51. The second-order valence-electron chi connectivity index (χ2n) is 2.39. The lowest BCUT2D eigenvalue weighted by molar-refractivity contribution is -0.138. The molecule has 6 nitrogen and oxygen atoms in total. The molecule has 0 aliphatic rings. The average molecular weight is 238 g/mol. The topological polar surface area (TPSA) is 128 Å². The zero-order chi connectivity index (χ0) is 9.56. The molecule has 0 saturated carbocycles. The monoisotopic (exact) mass is 237 g/mol. The van der Waals surface area contributed by atoms with E-state index in [1.807, 2.05) is 0 Å². The van der Waals surface area contributed by atoms with Crippen LogP contribution in [0.1, 0.15) is 12.8 Å². The van der Waals surface area contributed by atoms with Crippen molar-refractivity contribution >= 4 is 41.7 Å². The third kappa shape index (κ3) is 11.5. The standard InChI is InChI=1S/C6H14N4O2.Al.ClH/c7-4(5(11)12)2-1-3-10-6(8)9;;/h4H,1-3,7H2,(H,11,12)(H4,8,9,10);;1H. The van der Waals surface area contributed by atoms with Gasteiger partial charge in [-0.05, 0) is 12.8 Å². The molecule has 0 heterocycles. The van der Waals surface area contributed by atoms with Crippen molar-refractivity contribution in [2.75, 3.05) is 6.54 Å². The molecule has 0 aromatic heterocycles. The fraction of sp³-hybridized carbons (Fsp3) is 0.667. The second kappa shape index (κ2) is 10.6. The van der Waals surface area contributed by atoms with Crippen molar-refractivity contribution < 1.29 is 9.90 Å². The predicted molar refractivity (Wildman–Crippen MR) is 58.5 cm³/mol. The zero-order valence-corrected chi connectivity index (χ0v) is 9.69. The Hall–Kier alpha value is -0.478. The normalized spacial score (nSPS) is 10.4. The summed E-state index contributed by atoms with van der Waals surface area (Å²) in [5, 5.41) is 8.38. The van der Waals surface area contributed by atoms with Crippen LogP contribution in [0.25, 0.3) is 0 Å². The van der Waals surface area contributed by atoms with E-state index in [1.165, 1.54) is 0 Å². The van der Waals surface area contributed by atoms with Crippen molar-refractivity contribution in [2.24, 2.45) is 22.2 Å². The van der Waals surface area contributed by atoms with Gasteiger partial charge in [0.25, 0.3) is 0 Å². The van der Waals surface area contributed by atoms with Gasteiger partial charge in [0.1, 0.15) is 6.04 Å². The van der Waals surface area contributed by atoms with Crippen LogP contribution in [0.2, 0.25) is 0 Å². The summed E-state index contributed by atoms with van der Waals surface area (Å²) in [6.45, 7) is 0.420. The summed E-state index contributed by atoms with van der Waals surface area (Å²) in [5.41, 5.74) is 15.3. The third-order valence-electron chi connectivity index (χ3n) is 1.28. The molecule has 0 aromatic rings. The van der Waals surface area contributed by atoms with Crippen LogP contribution >= 0.6 is 12.4 Å². The number of rotatable bonds is 5. The molecule has 1 unspecified atom stereocenters. The highest BCUT2D eigenvalue weighted by Crippen LogP contribution is 1.94. The largest absolute Gasteiger partial charge is 0.480 e. The first-order valence-electron chi connectivity index (χ1n) is 3.58. The fourth-order valence-electron chi connectivity index (χ4n) is 0.643. The first-order chi connectivity index (χ1) is 5.54. The number of carboxylic acid groups (broad SMARTS) is 1. The highest BCUT2D eigenvalue weighted by atomic mass is 35.5. The number of guanidine groups is 1. The summed E-state index contributed by atoms with van der Waals surface area (Å²) in [4.78, 5) is 13.9. The number of aliphatic carboxylic acids is 1. The van der Waals surface area contributed by atoms with Crippen molar-refractivity contribution in [1.29, 1.82) is 0 Å². The first kappa shape index (κ1) is 19.2. The van der Waals surface area contributed by atoms with Crippen LogP contribution in [-0.2, 0) is 4.79 Å². The Kier molecular flexibility index (Phi) is 14.5. The van der Waals surface area contributed by atoms with Crippen molar-refractivity contribution in [3.63, 3.8) is 0 Å². The molecule has 7 N–H and O–H groups in total. The maximum absolute atomic E-state index is 10.2. The molecule has 0 spiro atoms. The molecule has 3 radical (unpaired) electrons. The quantitative estimate of drug-likeness (QED) is 0.200. The van der Waals surface area contributed by atoms with E-state index in [4.69, 9.17) is 22.3 Å². The lowest BCUT2D eigenvalue weighted by atomic mass is 10.2. The van der Waals surface area contributed by atoms with Crippen molar-refractivity contribution in [3.05, 3.63) is 0 Å². The number of hydrogen-bond acceptors (Lipinski definition) is 3. The molecular formula is C6H15AlClN4O2. The molecule has 14 heavy (non-hydrogen) atoms. The first-order valence-corrected chi connectivity index (χ1v) is 3.58. The van der Waals surface area contributed by atoms with Crippen LogP contribution in [0.15, 0.2) is 4.99 Å². The van der Waals surface area contributed by atoms with Crippen LogP contribution in [0.5, 0.6) is 0 Å². The van der Waals surface area contributed by atoms with Gasteiger partial charge >= 0.3 is 5.97 Å². The zero-order valence-electron chi connectivity index (χ0n) is 7.72. The lowest BCUT2D eigenvalue weighted by Crippen LogP contribution is -2.30. The molecule has 0 fully saturated rings. The van der Waals surface area contributed by atoms with E-state index in [-0.39, 0.29) is 35.7 Å². The van der Waals surface area contributed by atoms with Gasteiger partial charge in [0, 0.05) is 23.9 Å². The summed E-state index contributed by atoms with van der Waals surface area (Å²) in [5.74, 6) is -0.987. The van der Waals surface area contributed by atoms with Gasteiger partial charge in [-0.1, -0.05) is 0 Å². The smallest absolute Gasteiger partial charge is 0.320 e. The van der Waals surface area contributed by atoms with Crippen LogP contribution in [0.4, 0.5) is 0 Å². The summed E-state index contributed by atoms with van der Waals surface area (Å²) in [6, 6.07) is -0.820. The number of carbonyl (C=O) groups is 1. The van der Waals surface area contributed by atoms with Gasteiger partial charge < -0.3 is 22.3 Å². The van der Waals surface area contributed by atoms with E-state index >= 15 is 0 Å². The number of halogens is 1. The minimum atomic E-state index is -1.00. The minimum Gasteiger partial charge on any atom is -0.480 e. The Labute approximate surface area is 99.5 Å². The van der Waals surface area contributed by atoms with Gasteiger partial charge in [0.2, 0.25) is 0 Å². The molecular weight excluding hydrogens is 223 g/mol. The maximum Gasteiger partial charge on any atom is 0.320 e. The average Bonchev–Trinajstić information content (AvgIpc) is 1.97. The van der Waals surface area contributed by atoms with Gasteiger partial charge in [-0.2, -0.15) is 0 Å². The van der Waals surface area contributed by atoms with E-state index in [2.05, 4.69) is 4.99 Å². The molecule has 0 saturated heterocycles. The number of nitrogens with zero attached hydrogens (tertiary/aromatic N) is 1. The van der Waals surface area contributed by atoms with Gasteiger partial charge in [0.15, 0.2) is 5.96 Å². The number of carboxylic acids is 1. The van der Waals surface area contributed by atoms with Gasteiger partial charge in [-0.15, -0.1) is 12.4 Å². The molecule has 81 valence electrons. The van der Waals surface area contributed by atoms with Crippen molar-refractivity contribution in [2.45, 2.75) is 18.9 Å². The van der Waals surface area contributed by atoms with Crippen LogP contribution < -0.4 is 17.2 Å². The highest BCUT2D eigenvalue weighted by molar-refractivity contribution is 5.85. The Morgan fingerprint density at radius 2 is 1.93 bits per heavy atom.